The number of hydrogen-bond acceptors (Lipinski definition) is 15. The highest BCUT2D eigenvalue weighted by Crippen LogP contribution is 2.57. The van der Waals surface area contributed by atoms with E-state index in [9.17, 15) is 19.5 Å². The van der Waals surface area contributed by atoms with Crippen molar-refractivity contribution in [3.63, 3.8) is 0 Å². The number of aromatic hydroxyl groups is 1. The quantitative estimate of drug-likeness (QED) is 0.0371. The molecule has 0 radical (unpaired) electrons. The van der Waals surface area contributed by atoms with Gasteiger partial charge in [0, 0.05) is 30.2 Å². The maximum atomic E-state index is 16.1. The second-order valence-corrected chi connectivity index (χ2v) is 40.6. The van der Waals surface area contributed by atoms with E-state index in [0.717, 1.165) is 116 Å². The van der Waals surface area contributed by atoms with Crippen molar-refractivity contribution in [2.24, 2.45) is 94.9 Å². The lowest BCUT2D eigenvalue weighted by atomic mass is 9.59. The van der Waals surface area contributed by atoms with Crippen molar-refractivity contribution >= 4 is 36.3 Å². The predicted octanol–water partition coefficient (Wildman–Crippen LogP) is 18.4. The Morgan fingerprint density at radius 2 is 0.657 bits per heavy atom. The summed E-state index contributed by atoms with van der Waals surface area (Å²) < 4.78 is 19.7. The van der Waals surface area contributed by atoms with Gasteiger partial charge >= 0.3 is 24.0 Å². The molecule has 1 aromatic heterocycles. The molecule has 6 saturated carbocycles. The van der Waals surface area contributed by atoms with E-state index in [1.807, 2.05) is 0 Å². The van der Waals surface area contributed by atoms with E-state index < -0.39 is 45.5 Å². The SMILES string of the molecule is CCCCOC(=O)NC1CC(C)(C)CC(C)(CN=C=NCC2(C)CC(c3c(O)n(C4CC(C)(C)CC(C)(CN=C=NCC5(C)CC(NC(=O)OCCCC)CC(C)(C)C5)C4)c(=O)n(C4CC(C)(C)CC(C)(CN=C=NCC5(C)CC(NC(=O)OCCCC)CC(C)(C)C5)C4)c3=O)CC(C)(C)C2)C1. The maximum Gasteiger partial charge on any atom is 0.407 e. The topological polar surface area (TPSA) is 253 Å². The number of rotatable bonds is 27. The molecule has 6 aliphatic carbocycles. The molecule has 576 valence electrons. The van der Waals surface area contributed by atoms with Crippen LogP contribution in [0.25, 0.3) is 0 Å². The molecule has 3 amide bonds. The van der Waals surface area contributed by atoms with Crippen molar-refractivity contribution in [1.29, 1.82) is 0 Å². The van der Waals surface area contributed by atoms with Gasteiger partial charge in [0.05, 0.1) is 82.7 Å². The Bertz CT molecular complexity index is 3230. The Kier molecular flexibility index (Phi) is 27.5. The Labute approximate surface area is 614 Å². The van der Waals surface area contributed by atoms with Gasteiger partial charge in [-0.1, -0.05) is 165 Å². The van der Waals surface area contributed by atoms with E-state index in [-0.39, 0.29) is 91.0 Å². The van der Waals surface area contributed by atoms with Crippen LogP contribution in [0.2, 0.25) is 0 Å². The standard InChI is InChI=1S/C82H139N11O9/c1-22-25-28-100-67(96)89-59-33-72(6,7)44-78(17,36-59)50-84-55-83-49-77(16)32-58(31-71(4,5)43-77)64-65(94)92(62-39-75(12,13)47-81(20,41-62)53-87-56-85-51-79(18)37-60(34-73(8,9)45-79)90-68(97)101-29-26-23-2)70(99)93(66(64)95)63-40-76(14,15)48-82(21,42-63)54-88-57-86-52-80(19)38-61(35-74(10,11)46-80)91-69(98)102-30-27-24-3/h58-63,94H,22-54H2,1-21H3,(H,89,96)(H,90,97)(H,91,98). The monoisotopic (exact) mass is 1420 g/mol. The summed E-state index contributed by atoms with van der Waals surface area (Å²) in [6, 6.07) is 8.24. The zero-order chi connectivity index (χ0) is 75.6. The second-order valence-electron chi connectivity index (χ2n) is 40.6. The van der Waals surface area contributed by atoms with Crippen molar-refractivity contribution < 1.29 is 33.7 Å². The molecule has 12 atom stereocenters. The summed E-state index contributed by atoms with van der Waals surface area (Å²) in [4.78, 5) is 99.9. The molecule has 0 aromatic carbocycles. The van der Waals surface area contributed by atoms with Gasteiger partial charge in [-0.25, -0.2) is 49.1 Å². The molecule has 6 fully saturated rings. The van der Waals surface area contributed by atoms with Crippen LogP contribution in [0.5, 0.6) is 5.88 Å². The molecule has 6 aliphatic rings. The molecule has 7 rings (SSSR count). The number of carbonyl (C=O) groups is 3. The molecule has 12 unspecified atom stereocenters. The molecule has 20 heteroatoms. The lowest BCUT2D eigenvalue weighted by Gasteiger charge is -2.48. The summed E-state index contributed by atoms with van der Waals surface area (Å²) in [7, 11) is 0. The molecule has 4 N–H and O–H groups in total. The number of carbonyl (C=O) groups excluding carboxylic acids is 3. The molecular formula is C82H139N11O9. The molecule has 0 saturated heterocycles. The van der Waals surface area contributed by atoms with Gasteiger partial charge < -0.3 is 35.3 Å². The van der Waals surface area contributed by atoms with Gasteiger partial charge in [0.15, 0.2) is 0 Å². The minimum Gasteiger partial charge on any atom is -0.494 e. The van der Waals surface area contributed by atoms with Gasteiger partial charge in [-0.15, -0.1) is 0 Å². The average Bonchev–Trinajstić information content (AvgIpc) is 0.727. The summed E-state index contributed by atoms with van der Waals surface area (Å²) in [6.07, 6.45) is 17.7. The minimum absolute atomic E-state index is 0.0217. The van der Waals surface area contributed by atoms with Crippen LogP contribution in [0.15, 0.2) is 39.5 Å². The largest absolute Gasteiger partial charge is 0.494 e. The number of hydrogen-bond donors (Lipinski definition) is 4. The summed E-state index contributed by atoms with van der Waals surface area (Å²) in [5, 5.41) is 22.7. The maximum absolute atomic E-state index is 16.1. The molecule has 20 nitrogen and oxygen atoms in total. The highest BCUT2D eigenvalue weighted by molar-refractivity contribution is 5.68. The van der Waals surface area contributed by atoms with Crippen LogP contribution in [-0.2, 0) is 14.2 Å². The van der Waals surface area contributed by atoms with Crippen LogP contribution < -0.4 is 27.2 Å². The number of alkyl carbamates (subject to hydrolysis) is 3. The van der Waals surface area contributed by atoms with E-state index in [1.54, 1.807) is 9.13 Å². The first-order valence-electron chi connectivity index (χ1n) is 39.4. The number of nitrogens with one attached hydrogen (secondary N) is 3. The van der Waals surface area contributed by atoms with E-state index in [1.165, 1.54) is 0 Å². The molecule has 0 bridgehead atoms. The Morgan fingerprint density at radius 1 is 0.392 bits per heavy atom. The van der Waals surface area contributed by atoms with Crippen LogP contribution in [0.3, 0.4) is 0 Å². The molecule has 0 aliphatic heterocycles. The number of aliphatic imine (C=N–C) groups is 6. The lowest BCUT2D eigenvalue weighted by Crippen LogP contribution is -2.51. The zero-order valence-corrected chi connectivity index (χ0v) is 67.6. The van der Waals surface area contributed by atoms with E-state index in [2.05, 4.69) is 179 Å². The Morgan fingerprint density at radius 3 is 0.961 bits per heavy atom. The second kappa shape index (κ2) is 33.5. The predicted molar refractivity (Wildman–Crippen MR) is 410 cm³/mol. The fourth-order valence-corrected chi connectivity index (χ4v) is 22.0. The first kappa shape index (κ1) is 83.7. The number of aromatic nitrogens is 2. The molecule has 1 aromatic rings. The summed E-state index contributed by atoms with van der Waals surface area (Å²) in [5.74, 6) is -0.638. The number of ether oxygens (including phenoxy) is 3. The molecular weight excluding hydrogens is 1280 g/mol. The van der Waals surface area contributed by atoms with Crippen molar-refractivity contribution in [3.8, 4) is 5.88 Å². The van der Waals surface area contributed by atoms with Crippen LogP contribution >= 0.6 is 0 Å². The fraction of sp³-hybridized carbons (Fsp3) is 0.878. The summed E-state index contributed by atoms with van der Waals surface area (Å²) >= 11 is 0. The Hall–Kier alpha value is -5.57. The van der Waals surface area contributed by atoms with Gasteiger partial charge in [0.2, 0.25) is 5.88 Å². The van der Waals surface area contributed by atoms with Crippen LogP contribution in [-0.4, -0.2) is 128 Å². The van der Waals surface area contributed by atoms with Crippen LogP contribution in [0.4, 0.5) is 14.4 Å². The van der Waals surface area contributed by atoms with Gasteiger partial charge in [-0.05, 0) is 206 Å². The van der Waals surface area contributed by atoms with E-state index in [4.69, 9.17) is 44.2 Å². The number of amides is 3. The van der Waals surface area contributed by atoms with Crippen molar-refractivity contribution in [2.75, 3.05) is 59.1 Å². The molecule has 0 spiro atoms. The minimum atomic E-state index is -0.505. The zero-order valence-electron chi connectivity index (χ0n) is 67.6. The number of unbranched alkanes of at least 4 members (excludes halogenated alkanes) is 3. The van der Waals surface area contributed by atoms with Gasteiger partial charge in [-0.2, -0.15) is 0 Å². The van der Waals surface area contributed by atoms with Crippen molar-refractivity contribution in [3.05, 3.63) is 26.4 Å². The average molecular weight is 1420 g/mol. The molecule has 102 heavy (non-hydrogen) atoms. The smallest absolute Gasteiger partial charge is 0.407 e. The normalized spacial score (nSPS) is 32.7. The third-order valence-electron chi connectivity index (χ3n) is 23.4. The van der Waals surface area contributed by atoms with Crippen LogP contribution in [0.1, 0.15) is 323 Å². The van der Waals surface area contributed by atoms with Crippen molar-refractivity contribution in [2.45, 2.75) is 336 Å². The van der Waals surface area contributed by atoms with E-state index >= 15 is 9.59 Å². The third-order valence-corrected chi connectivity index (χ3v) is 23.4. The highest BCUT2D eigenvalue weighted by atomic mass is 16.6. The summed E-state index contributed by atoms with van der Waals surface area (Å²) in [6.45, 7) is 50.4. The lowest BCUT2D eigenvalue weighted by molar-refractivity contribution is 0.0490. The van der Waals surface area contributed by atoms with Crippen molar-refractivity contribution in [1.82, 2.24) is 25.1 Å². The highest BCUT2D eigenvalue weighted by Gasteiger charge is 2.51. The summed E-state index contributed by atoms with van der Waals surface area (Å²) in [5.41, 5.74) is -3.42. The first-order valence-corrected chi connectivity index (χ1v) is 39.4. The fourth-order valence-electron chi connectivity index (χ4n) is 22.0. The van der Waals surface area contributed by atoms with Gasteiger partial charge in [-0.3, -0.25) is 13.9 Å². The van der Waals surface area contributed by atoms with Gasteiger partial charge in [0.1, 0.15) is 0 Å². The first-order chi connectivity index (χ1) is 47.3. The van der Waals surface area contributed by atoms with Crippen LogP contribution in [0, 0.1) is 65.0 Å². The number of nitrogens with zero attached hydrogens (tertiary/aromatic N) is 8. The van der Waals surface area contributed by atoms with Gasteiger partial charge in [0.25, 0.3) is 5.56 Å². The molecule has 1 heterocycles. The van der Waals surface area contributed by atoms with E-state index in [0.29, 0.717) is 103 Å². The Balaban J connectivity index is 1.20. The third kappa shape index (κ3) is 24.5.